The molecule has 4 heterocycles. The van der Waals surface area contributed by atoms with E-state index in [9.17, 15) is 0 Å². The Labute approximate surface area is 218 Å². The van der Waals surface area contributed by atoms with Crippen molar-refractivity contribution in [2.45, 2.75) is 79.1 Å². The topological polar surface area (TPSA) is 64.5 Å². The van der Waals surface area contributed by atoms with E-state index in [0.717, 1.165) is 11.4 Å². The summed E-state index contributed by atoms with van der Waals surface area (Å²) < 4.78 is 0. The summed E-state index contributed by atoms with van der Waals surface area (Å²) in [5.41, 5.74) is 4.92. The highest BCUT2D eigenvalue weighted by Crippen LogP contribution is 2.11. The van der Waals surface area contributed by atoms with Crippen molar-refractivity contribution in [2.24, 2.45) is 0 Å². The molecule has 0 bridgehead atoms. The number of rotatable bonds is 4. The Morgan fingerprint density at radius 3 is 1.39 bits per heavy atom. The number of aromatic nitrogens is 5. The summed E-state index contributed by atoms with van der Waals surface area (Å²) in [6.45, 7) is 17.2. The summed E-state index contributed by atoms with van der Waals surface area (Å²) in [5, 5.41) is 0. The van der Waals surface area contributed by atoms with Crippen LogP contribution in [0.4, 0.5) is 0 Å². The second-order valence-corrected chi connectivity index (χ2v) is 9.57. The minimum Gasteiger partial charge on any atom is -0.265 e. The molecule has 0 atom stereocenters. The van der Waals surface area contributed by atoms with Gasteiger partial charge in [-0.25, -0.2) is 9.97 Å². The van der Waals surface area contributed by atoms with E-state index < -0.39 is 0 Å². The molecule has 5 nitrogen and oxygen atoms in total. The van der Waals surface area contributed by atoms with Crippen LogP contribution in [0.25, 0.3) is 0 Å². The normalized spacial score (nSPS) is 10.1. The van der Waals surface area contributed by atoms with Gasteiger partial charge in [0.15, 0.2) is 0 Å². The summed E-state index contributed by atoms with van der Waals surface area (Å²) in [4.78, 5) is 20.0. The Morgan fingerprint density at radius 2 is 1.06 bits per heavy atom. The highest BCUT2D eigenvalue weighted by atomic mass is 14.8. The van der Waals surface area contributed by atoms with E-state index in [2.05, 4.69) is 86.4 Å². The molecule has 0 aromatic carbocycles. The van der Waals surface area contributed by atoms with Gasteiger partial charge in [0.1, 0.15) is 6.33 Å². The molecule has 0 saturated carbocycles. The molecule has 0 spiro atoms. The van der Waals surface area contributed by atoms with Gasteiger partial charge in [-0.15, -0.1) is 0 Å². The Bertz CT molecular complexity index is 846. The van der Waals surface area contributed by atoms with Crippen molar-refractivity contribution < 1.29 is 0 Å². The lowest BCUT2D eigenvalue weighted by Gasteiger charge is -2.01. The summed E-state index contributed by atoms with van der Waals surface area (Å²) in [7, 11) is 0. The monoisotopic (exact) mass is 485 g/mol. The molecule has 0 fully saturated rings. The maximum atomic E-state index is 4.18. The van der Waals surface area contributed by atoms with Crippen LogP contribution in [0.15, 0.2) is 92.0 Å². The van der Waals surface area contributed by atoms with E-state index in [1.165, 1.54) is 11.1 Å². The molecule has 36 heavy (non-hydrogen) atoms. The molecule has 4 aromatic rings. The van der Waals surface area contributed by atoms with Gasteiger partial charge < -0.3 is 0 Å². The van der Waals surface area contributed by atoms with E-state index in [1.54, 1.807) is 18.7 Å². The van der Waals surface area contributed by atoms with Crippen molar-refractivity contribution in [1.29, 1.82) is 0 Å². The van der Waals surface area contributed by atoms with Crippen LogP contribution < -0.4 is 0 Å². The van der Waals surface area contributed by atoms with E-state index >= 15 is 0 Å². The van der Waals surface area contributed by atoms with E-state index in [4.69, 9.17) is 0 Å². The van der Waals surface area contributed by atoms with Crippen LogP contribution in [0.1, 0.15) is 102 Å². The maximum Gasteiger partial charge on any atom is 0.115 e. The van der Waals surface area contributed by atoms with Crippen LogP contribution in [-0.4, -0.2) is 24.9 Å². The average Bonchev–Trinajstić information content (AvgIpc) is 2.92. The van der Waals surface area contributed by atoms with Gasteiger partial charge in [0.2, 0.25) is 0 Å². The first kappa shape index (κ1) is 30.6. The average molecular weight is 486 g/mol. The molecule has 0 saturated heterocycles. The molecular formula is C31H43N5. The minimum absolute atomic E-state index is 0.507. The largest absolute Gasteiger partial charge is 0.265 e. The van der Waals surface area contributed by atoms with Crippen LogP contribution in [-0.2, 0) is 0 Å². The lowest BCUT2D eigenvalue weighted by Crippen LogP contribution is -1.90. The zero-order chi connectivity index (χ0) is 26.8. The van der Waals surface area contributed by atoms with Crippen LogP contribution in [0.2, 0.25) is 0 Å². The molecule has 5 heteroatoms. The Balaban J connectivity index is 0.000000240. The van der Waals surface area contributed by atoms with Gasteiger partial charge >= 0.3 is 0 Å². The van der Waals surface area contributed by atoms with Gasteiger partial charge in [-0.3, -0.25) is 15.0 Å². The Hall–Kier alpha value is -3.47. The number of hydrogen-bond donors (Lipinski definition) is 0. The van der Waals surface area contributed by atoms with Gasteiger partial charge in [0.25, 0.3) is 0 Å². The fourth-order valence-corrected chi connectivity index (χ4v) is 2.83. The van der Waals surface area contributed by atoms with Crippen LogP contribution in [0, 0.1) is 0 Å². The molecule has 4 rings (SSSR count). The summed E-state index contributed by atoms with van der Waals surface area (Å²) in [5.74, 6) is 2.27. The smallest absolute Gasteiger partial charge is 0.115 e. The van der Waals surface area contributed by atoms with Crippen molar-refractivity contribution >= 4 is 0 Å². The van der Waals surface area contributed by atoms with Gasteiger partial charge in [-0.1, -0.05) is 67.5 Å². The van der Waals surface area contributed by atoms with Crippen molar-refractivity contribution in [3.63, 3.8) is 0 Å². The first-order valence-corrected chi connectivity index (χ1v) is 12.7. The molecule has 0 aliphatic heterocycles. The van der Waals surface area contributed by atoms with Crippen LogP contribution >= 0.6 is 0 Å². The van der Waals surface area contributed by atoms with Crippen molar-refractivity contribution in [3.8, 4) is 0 Å². The van der Waals surface area contributed by atoms with E-state index in [1.807, 2.05) is 67.3 Å². The van der Waals surface area contributed by atoms with Crippen LogP contribution in [0.3, 0.4) is 0 Å². The first-order chi connectivity index (χ1) is 17.2. The van der Waals surface area contributed by atoms with Crippen LogP contribution in [0.5, 0.6) is 0 Å². The lowest BCUT2D eigenvalue weighted by atomic mass is 10.1. The Morgan fingerprint density at radius 1 is 0.444 bits per heavy atom. The fraction of sp³-hybridized carbons (Fsp3) is 0.387. The number of pyridine rings is 3. The third-order valence-corrected chi connectivity index (χ3v) is 5.20. The third-order valence-electron chi connectivity index (χ3n) is 5.20. The zero-order valence-electron chi connectivity index (χ0n) is 23.2. The predicted octanol–water partition coefficient (Wildman–Crippen LogP) is 8.22. The molecule has 4 aromatic heterocycles. The SMILES string of the molecule is CC(C)c1ccccn1.CC(C)c1cccnc1.CC(C)c1ccncc1.CC(C)c1ccncn1. The predicted molar refractivity (Wildman–Crippen MR) is 151 cm³/mol. The lowest BCUT2D eigenvalue weighted by molar-refractivity contribution is 0.814. The highest BCUT2D eigenvalue weighted by molar-refractivity contribution is 5.13. The second-order valence-electron chi connectivity index (χ2n) is 9.57. The van der Waals surface area contributed by atoms with Gasteiger partial charge in [0.05, 0.1) is 0 Å². The number of nitrogens with zero attached hydrogens (tertiary/aromatic N) is 5. The highest BCUT2D eigenvalue weighted by Gasteiger charge is 1.97. The fourth-order valence-electron chi connectivity index (χ4n) is 2.83. The molecule has 0 unspecified atom stereocenters. The molecule has 0 aliphatic rings. The van der Waals surface area contributed by atoms with Gasteiger partial charge in [-0.05, 0) is 71.2 Å². The zero-order valence-corrected chi connectivity index (χ0v) is 23.2. The van der Waals surface area contributed by atoms with E-state index in [-0.39, 0.29) is 0 Å². The number of hydrogen-bond acceptors (Lipinski definition) is 5. The van der Waals surface area contributed by atoms with Crippen molar-refractivity contribution in [1.82, 2.24) is 24.9 Å². The minimum atomic E-state index is 0.507. The third kappa shape index (κ3) is 13.4. The molecule has 0 N–H and O–H groups in total. The van der Waals surface area contributed by atoms with Gasteiger partial charge in [0, 0.05) is 48.6 Å². The van der Waals surface area contributed by atoms with Crippen molar-refractivity contribution in [3.05, 3.63) is 115 Å². The maximum absolute atomic E-state index is 4.18. The van der Waals surface area contributed by atoms with Gasteiger partial charge in [-0.2, -0.15) is 0 Å². The standard InChI is InChI=1S/3C8H11N.C7H10N2/c1-7(2)8-3-5-9-6-4-8;1-7(2)8-4-3-5-9-6-8;1-7(2)8-5-3-4-6-9-8;1-6(2)7-3-4-8-5-9-7/h3*3-7H,1-2H3;3-6H,1-2H3. The molecule has 192 valence electrons. The quantitative estimate of drug-likeness (QED) is 0.291. The first-order valence-electron chi connectivity index (χ1n) is 12.7. The molecule has 0 radical (unpaired) electrons. The van der Waals surface area contributed by atoms with Crippen molar-refractivity contribution in [2.75, 3.05) is 0 Å². The molecular weight excluding hydrogens is 442 g/mol. The molecule has 0 aliphatic carbocycles. The summed E-state index contributed by atoms with van der Waals surface area (Å²) in [6, 6.07) is 16.1. The molecule has 0 amide bonds. The summed E-state index contributed by atoms with van der Waals surface area (Å²) in [6.07, 6.45) is 12.5. The Kier molecular flexibility index (Phi) is 15.2. The van der Waals surface area contributed by atoms with E-state index in [0.29, 0.717) is 23.7 Å². The second kappa shape index (κ2) is 17.9. The summed E-state index contributed by atoms with van der Waals surface area (Å²) >= 11 is 0.